The maximum Gasteiger partial charge on any atom is 0.275 e. The molecule has 0 spiro atoms. The van der Waals surface area contributed by atoms with Gasteiger partial charge in [-0.25, -0.2) is 13.5 Å². The van der Waals surface area contributed by atoms with Crippen molar-refractivity contribution in [1.82, 2.24) is 15.1 Å². The number of hydrogen-bond acceptors (Lipinski definition) is 4. The van der Waals surface area contributed by atoms with Crippen molar-refractivity contribution in [3.63, 3.8) is 0 Å². The first-order chi connectivity index (χ1) is 14.0. The van der Waals surface area contributed by atoms with Gasteiger partial charge in [0.2, 0.25) is 5.91 Å². The second-order valence-corrected chi connectivity index (χ2v) is 7.20. The van der Waals surface area contributed by atoms with E-state index in [-0.39, 0.29) is 23.9 Å². The minimum Gasteiger partial charge on any atom is -0.371 e. The number of nitrogens with one attached hydrogen (secondary N) is 1. The Kier molecular flexibility index (Phi) is 5.24. The highest BCUT2D eigenvalue weighted by atomic mass is 19.2. The Morgan fingerprint density at radius 3 is 2.83 bits per heavy atom. The molecule has 6 nitrogen and oxygen atoms in total. The summed E-state index contributed by atoms with van der Waals surface area (Å²) >= 11 is 0. The number of amides is 1. The quantitative estimate of drug-likeness (QED) is 0.716. The molecule has 0 aliphatic carbocycles. The van der Waals surface area contributed by atoms with Crippen LogP contribution in [0.1, 0.15) is 6.42 Å². The fourth-order valence-electron chi connectivity index (χ4n) is 3.61. The van der Waals surface area contributed by atoms with Crippen LogP contribution in [0.2, 0.25) is 0 Å². The van der Waals surface area contributed by atoms with Crippen LogP contribution in [-0.4, -0.2) is 35.3 Å². The van der Waals surface area contributed by atoms with Gasteiger partial charge in [-0.05, 0) is 30.5 Å². The highest BCUT2D eigenvalue weighted by Gasteiger charge is 2.24. The topological polar surface area (TPSA) is 67.2 Å². The van der Waals surface area contributed by atoms with Crippen LogP contribution in [0.3, 0.4) is 0 Å². The van der Waals surface area contributed by atoms with E-state index in [1.54, 1.807) is 30.5 Å². The van der Waals surface area contributed by atoms with E-state index in [0.717, 1.165) is 22.6 Å². The van der Waals surface area contributed by atoms with Crippen LogP contribution in [0.15, 0.2) is 53.5 Å². The third-order valence-electron chi connectivity index (χ3n) is 5.20. The Bertz CT molecular complexity index is 1120. The van der Waals surface area contributed by atoms with Gasteiger partial charge in [-0.2, -0.15) is 5.10 Å². The molecule has 1 aliphatic rings. The lowest BCUT2D eigenvalue weighted by Gasteiger charge is -2.19. The van der Waals surface area contributed by atoms with Gasteiger partial charge in [0.15, 0.2) is 11.6 Å². The molecular weight excluding hydrogens is 378 g/mol. The van der Waals surface area contributed by atoms with Crippen LogP contribution < -0.4 is 15.8 Å². The van der Waals surface area contributed by atoms with Crippen molar-refractivity contribution in [2.45, 2.75) is 13.0 Å². The van der Waals surface area contributed by atoms with Gasteiger partial charge in [-0.15, -0.1) is 0 Å². The van der Waals surface area contributed by atoms with Crippen molar-refractivity contribution in [2.24, 2.45) is 5.92 Å². The Morgan fingerprint density at radius 2 is 2.00 bits per heavy atom. The molecule has 4 rings (SSSR count). The number of carbonyl (C=O) groups excluding carboxylic acids is 1. The zero-order valence-electron chi connectivity index (χ0n) is 15.6. The predicted octanol–water partition coefficient (Wildman–Crippen LogP) is 2.32. The summed E-state index contributed by atoms with van der Waals surface area (Å²) in [6.45, 7) is 1.64. The second-order valence-electron chi connectivity index (χ2n) is 7.20. The summed E-state index contributed by atoms with van der Waals surface area (Å²) in [5.74, 6) is -1.84. The van der Waals surface area contributed by atoms with Crippen molar-refractivity contribution >= 4 is 22.4 Å². The summed E-state index contributed by atoms with van der Waals surface area (Å²) in [5, 5.41) is 8.16. The molecule has 1 N–H and O–H groups in total. The minimum absolute atomic E-state index is 0.150. The van der Waals surface area contributed by atoms with Crippen LogP contribution in [0.25, 0.3) is 10.8 Å². The fourth-order valence-corrected chi connectivity index (χ4v) is 3.61. The number of anilines is 1. The average molecular weight is 398 g/mol. The normalized spacial score (nSPS) is 16.3. The van der Waals surface area contributed by atoms with E-state index in [1.165, 1.54) is 6.07 Å². The standard InChI is InChI=1S/C21H20F2N4O2/c22-18-6-5-16(9-19(18)23)26-8-7-14(12-26)10-24-20(28)13-27-21(29)17-4-2-1-3-15(17)11-25-27/h1-6,9,11,14H,7-8,10,12-13H2,(H,24,28). The summed E-state index contributed by atoms with van der Waals surface area (Å²) in [5.41, 5.74) is 0.327. The van der Waals surface area contributed by atoms with Crippen molar-refractivity contribution in [2.75, 3.05) is 24.5 Å². The number of nitrogens with zero attached hydrogens (tertiary/aromatic N) is 3. The van der Waals surface area contributed by atoms with Crippen LogP contribution in [0, 0.1) is 17.6 Å². The molecule has 1 amide bonds. The van der Waals surface area contributed by atoms with E-state index >= 15 is 0 Å². The number of benzene rings is 2. The molecule has 1 saturated heterocycles. The first-order valence-electron chi connectivity index (χ1n) is 9.43. The SMILES string of the molecule is O=C(Cn1ncc2ccccc2c1=O)NCC1CCN(c2ccc(F)c(F)c2)C1. The van der Waals surface area contributed by atoms with Crippen LogP contribution >= 0.6 is 0 Å². The average Bonchev–Trinajstić information content (AvgIpc) is 3.20. The first-order valence-corrected chi connectivity index (χ1v) is 9.43. The molecule has 1 unspecified atom stereocenters. The third kappa shape index (κ3) is 4.11. The summed E-state index contributed by atoms with van der Waals surface area (Å²) in [7, 11) is 0. The number of halogens is 2. The molecule has 1 atom stereocenters. The molecule has 29 heavy (non-hydrogen) atoms. The van der Waals surface area contributed by atoms with E-state index in [1.807, 2.05) is 11.0 Å². The second kappa shape index (κ2) is 7.98. The van der Waals surface area contributed by atoms with Gasteiger partial charge in [0.05, 0.1) is 11.6 Å². The Labute approximate surface area is 165 Å². The van der Waals surface area contributed by atoms with Gasteiger partial charge in [0, 0.05) is 36.8 Å². The highest BCUT2D eigenvalue weighted by molar-refractivity contribution is 5.81. The zero-order chi connectivity index (χ0) is 20.4. The molecule has 2 heterocycles. The summed E-state index contributed by atoms with van der Waals surface area (Å²) in [4.78, 5) is 26.7. The Hall–Kier alpha value is -3.29. The van der Waals surface area contributed by atoms with E-state index in [0.29, 0.717) is 30.7 Å². The van der Waals surface area contributed by atoms with Gasteiger partial charge in [0.1, 0.15) is 6.54 Å². The third-order valence-corrected chi connectivity index (χ3v) is 5.20. The molecular formula is C21H20F2N4O2. The number of hydrogen-bond donors (Lipinski definition) is 1. The molecule has 1 aromatic heterocycles. The molecule has 1 aliphatic heterocycles. The summed E-state index contributed by atoms with van der Waals surface area (Å²) < 4.78 is 27.7. The number of fused-ring (bicyclic) bond motifs is 1. The molecule has 0 bridgehead atoms. The minimum atomic E-state index is -0.868. The number of carbonyl (C=O) groups is 1. The number of aromatic nitrogens is 2. The monoisotopic (exact) mass is 398 g/mol. The highest BCUT2D eigenvalue weighted by Crippen LogP contribution is 2.25. The van der Waals surface area contributed by atoms with E-state index in [9.17, 15) is 18.4 Å². The smallest absolute Gasteiger partial charge is 0.275 e. The molecule has 2 aromatic carbocycles. The summed E-state index contributed by atoms with van der Waals surface area (Å²) in [6, 6.07) is 11.0. The van der Waals surface area contributed by atoms with E-state index in [4.69, 9.17) is 0 Å². The Morgan fingerprint density at radius 1 is 1.17 bits per heavy atom. The Balaban J connectivity index is 1.33. The first kappa shape index (κ1) is 19.0. The molecule has 150 valence electrons. The molecule has 0 saturated carbocycles. The van der Waals surface area contributed by atoms with Crippen molar-refractivity contribution in [3.8, 4) is 0 Å². The van der Waals surface area contributed by atoms with Gasteiger partial charge >= 0.3 is 0 Å². The molecule has 0 radical (unpaired) electrons. The van der Waals surface area contributed by atoms with Crippen molar-refractivity contribution < 1.29 is 13.6 Å². The largest absolute Gasteiger partial charge is 0.371 e. The van der Waals surface area contributed by atoms with E-state index < -0.39 is 11.6 Å². The lowest BCUT2D eigenvalue weighted by molar-refractivity contribution is -0.122. The lowest BCUT2D eigenvalue weighted by atomic mass is 10.1. The van der Waals surface area contributed by atoms with Crippen molar-refractivity contribution in [1.29, 1.82) is 0 Å². The molecule has 1 fully saturated rings. The van der Waals surface area contributed by atoms with Crippen LogP contribution in [0.5, 0.6) is 0 Å². The molecule has 3 aromatic rings. The maximum atomic E-state index is 13.4. The predicted molar refractivity (Wildman–Crippen MR) is 106 cm³/mol. The van der Waals surface area contributed by atoms with E-state index in [2.05, 4.69) is 10.4 Å². The number of rotatable bonds is 5. The summed E-state index contributed by atoms with van der Waals surface area (Å²) in [6.07, 6.45) is 2.40. The van der Waals surface area contributed by atoms with Gasteiger partial charge in [-0.1, -0.05) is 18.2 Å². The van der Waals surface area contributed by atoms with Crippen LogP contribution in [-0.2, 0) is 11.3 Å². The lowest BCUT2D eigenvalue weighted by Crippen LogP contribution is -2.36. The molecule has 8 heteroatoms. The van der Waals surface area contributed by atoms with Crippen LogP contribution in [0.4, 0.5) is 14.5 Å². The fraction of sp³-hybridized carbons (Fsp3) is 0.286. The van der Waals surface area contributed by atoms with Crippen molar-refractivity contribution in [3.05, 3.63) is 70.6 Å². The zero-order valence-corrected chi connectivity index (χ0v) is 15.6. The maximum absolute atomic E-state index is 13.4. The van der Waals surface area contributed by atoms with Gasteiger partial charge < -0.3 is 10.2 Å². The van der Waals surface area contributed by atoms with Gasteiger partial charge in [-0.3, -0.25) is 9.59 Å². The van der Waals surface area contributed by atoms with Gasteiger partial charge in [0.25, 0.3) is 5.56 Å².